The van der Waals surface area contributed by atoms with Crippen molar-refractivity contribution in [2.24, 2.45) is 5.41 Å². The Morgan fingerprint density at radius 1 is 0.792 bits per heavy atom. The molecule has 4 N–H and O–H groups in total. The molecule has 6 aromatic rings. The molecule has 8 rings (SSSR count). The van der Waals surface area contributed by atoms with E-state index in [4.69, 9.17) is 23.7 Å². The summed E-state index contributed by atoms with van der Waals surface area (Å²) in [5, 5.41) is 13.3. The lowest BCUT2D eigenvalue weighted by Gasteiger charge is -2.41. The third kappa shape index (κ3) is 13.9. The smallest absolute Gasteiger partial charge is 0.246 e. The van der Waals surface area contributed by atoms with Gasteiger partial charge in [0.2, 0.25) is 17.7 Å². The van der Waals surface area contributed by atoms with E-state index in [1.165, 1.54) is 5.56 Å². The highest BCUT2D eigenvalue weighted by Gasteiger charge is 2.43. The summed E-state index contributed by atoms with van der Waals surface area (Å²) in [7, 11) is -2.13. The molecule has 17 nitrogen and oxygen atoms in total. The summed E-state index contributed by atoms with van der Waals surface area (Å²) in [5.41, 5.74) is 8.26. The number of ether oxygens (including phenoxy) is 5. The van der Waals surface area contributed by atoms with Gasteiger partial charge in [-0.05, 0) is 124 Å². The number of nitrogens with one attached hydrogen (secondary N) is 4. The Morgan fingerprint density at radius 3 is 2.22 bits per heavy atom. The number of rotatable bonds is 23. The number of thiazole rings is 1. The number of pyridine rings is 1. The Bertz CT molecular complexity index is 3150. The maximum absolute atomic E-state index is 14.7. The Hall–Kier alpha value is -6.22. The molecule has 1 aliphatic heterocycles. The minimum Gasteiger partial charge on any atom is -0.491 e. The normalized spacial score (nSPS) is 16.5. The lowest BCUT2D eigenvalue weighted by atomic mass is 9.83. The summed E-state index contributed by atoms with van der Waals surface area (Å²) in [5.74, 6) is -0.0348. The number of hydrogen-bond acceptors (Lipinski definition) is 15. The van der Waals surface area contributed by atoms with Crippen molar-refractivity contribution in [3.8, 4) is 11.5 Å². The first-order valence-corrected chi connectivity index (χ1v) is 28.7. The van der Waals surface area contributed by atoms with Gasteiger partial charge in [-0.3, -0.25) is 19.4 Å². The van der Waals surface area contributed by atoms with Gasteiger partial charge in [0.15, 0.2) is 9.84 Å². The number of fused-ring (bicyclic) bond motifs is 4. The minimum absolute atomic E-state index is 0.0750. The molecule has 1 aliphatic carbocycles. The number of benzene rings is 4. The fraction of sp³-hybridized carbons (Fsp3) is 0.466. The second kappa shape index (κ2) is 25.1. The molecule has 19 heteroatoms. The molecule has 0 spiro atoms. The fourth-order valence-electron chi connectivity index (χ4n) is 9.48. The lowest BCUT2D eigenvalue weighted by molar-refractivity contribution is -0.147. The Morgan fingerprint density at radius 2 is 1.51 bits per heavy atom. The predicted molar refractivity (Wildman–Crippen MR) is 300 cm³/mol. The summed E-state index contributed by atoms with van der Waals surface area (Å²) in [4.78, 5) is 52.9. The Labute approximate surface area is 456 Å². The van der Waals surface area contributed by atoms with Crippen LogP contribution in [0.25, 0.3) is 21.1 Å². The molecule has 412 valence electrons. The molecule has 0 unspecified atom stereocenters. The van der Waals surface area contributed by atoms with Crippen molar-refractivity contribution in [1.82, 2.24) is 30.8 Å². The van der Waals surface area contributed by atoms with Crippen molar-refractivity contribution in [2.75, 3.05) is 65.2 Å². The van der Waals surface area contributed by atoms with Crippen LogP contribution in [0.3, 0.4) is 0 Å². The van der Waals surface area contributed by atoms with Gasteiger partial charge in [0.25, 0.3) is 0 Å². The number of likely N-dealkylation sites (N-methyl/N-ethyl adjacent to an activating group) is 1. The minimum atomic E-state index is -3.83. The summed E-state index contributed by atoms with van der Waals surface area (Å²) < 4.78 is 57.3. The van der Waals surface area contributed by atoms with E-state index in [-0.39, 0.29) is 60.8 Å². The number of anilines is 2. The van der Waals surface area contributed by atoms with Gasteiger partial charge >= 0.3 is 0 Å². The quantitative estimate of drug-likeness (QED) is 0.0446. The highest BCUT2D eigenvalue weighted by atomic mass is 32.2. The van der Waals surface area contributed by atoms with Crippen LogP contribution < -0.4 is 30.7 Å². The van der Waals surface area contributed by atoms with Crippen LogP contribution in [-0.4, -0.2) is 124 Å². The number of sulfone groups is 1. The zero-order chi connectivity index (χ0) is 54.9. The van der Waals surface area contributed by atoms with E-state index >= 15 is 0 Å². The van der Waals surface area contributed by atoms with E-state index in [0.717, 1.165) is 51.9 Å². The van der Waals surface area contributed by atoms with Crippen molar-refractivity contribution in [1.29, 1.82) is 0 Å². The highest BCUT2D eigenvalue weighted by molar-refractivity contribution is 7.92. The van der Waals surface area contributed by atoms with Crippen molar-refractivity contribution >= 4 is 71.4 Å². The van der Waals surface area contributed by atoms with Gasteiger partial charge in [-0.15, -0.1) is 11.3 Å². The van der Waals surface area contributed by atoms with E-state index in [0.29, 0.717) is 61.8 Å². The van der Waals surface area contributed by atoms with Crippen LogP contribution in [0.4, 0.5) is 11.4 Å². The molecule has 3 heterocycles. The van der Waals surface area contributed by atoms with Crippen LogP contribution >= 0.6 is 11.3 Å². The second-order valence-corrected chi connectivity index (χ2v) is 25.1. The van der Waals surface area contributed by atoms with E-state index < -0.39 is 38.1 Å². The highest BCUT2D eigenvalue weighted by Crippen LogP contribution is 2.39. The number of carbonyl (C=O) groups excluding carboxylic acids is 3. The van der Waals surface area contributed by atoms with Crippen LogP contribution in [0.1, 0.15) is 89.6 Å². The molecule has 0 saturated heterocycles. The number of hydrogen-bond donors (Lipinski definition) is 4. The summed E-state index contributed by atoms with van der Waals surface area (Å²) >= 11 is 1.56. The molecule has 4 aromatic carbocycles. The van der Waals surface area contributed by atoms with Gasteiger partial charge in [-0.2, -0.15) is 0 Å². The summed E-state index contributed by atoms with van der Waals surface area (Å²) in [6.45, 7) is 14.8. The van der Waals surface area contributed by atoms with Crippen molar-refractivity contribution in [2.45, 2.75) is 115 Å². The van der Waals surface area contributed by atoms with Crippen molar-refractivity contribution in [3.05, 3.63) is 113 Å². The van der Waals surface area contributed by atoms with E-state index in [1.54, 1.807) is 74.8 Å². The first kappa shape index (κ1) is 57.0. The van der Waals surface area contributed by atoms with Crippen LogP contribution in [0.15, 0.2) is 95.5 Å². The first-order valence-electron chi connectivity index (χ1n) is 26.4. The Kier molecular flexibility index (Phi) is 18.5. The van der Waals surface area contributed by atoms with Crippen LogP contribution in [0.2, 0.25) is 0 Å². The molecule has 0 saturated carbocycles. The maximum Gasteiger partial charge on any atom is 0.246 e. The molecule has 0 radical (unpaired) electrons. The molecule has 2 aromatic heterocycles. The fourth-order valence-corrected chi connectivity index (χ4v) is 11.5. The average Bonchev–Trinajstić information content (AvgIpc) is 3.90. The Balaban J connectivity index is 0.795. The van der Waals surface area contributed by atoms with Crippen molar-refractivity contribution in [3.63, 3.8) is 0 Å². The molecule has 2 aliphatic rings. The van der Waals surface area contributed by atoms with Crippen molar-refractivity contribution < 1.29 is 46.5 Å². The summed E-state index contributed by atoms with van der Waals surface area (Å²) in [6, 6.07) is 22.6. The molecule has 77 heavy (non-hydrogen) atoms. The van der Waals surface area contributed by atoms with Gasteiger partial charge < -0.3 is 49.9 Å². The average molecular weight is 1090 g/mol. The first-order chi connectivity index (χ1) is 36.8. The van der Waals surface area contributed by atoms with Gasteiger partial charge in [0, 0.05) is 42.0 Å². The zero-order valence-corrected chi connectivity index (χ0v) is 47.0. The third-order valence-electron chi connectivity index (χ3n) is 14.0. The zero-order valence-electron chi connectivity index (χ0n) is 45.4. The van der Waals surface area contributed by atoms with E-state index in [1.807, 2.05) is 75.4 Å². The maximum atomic E-state index is 14.7. The predicted octanol–water partition coefficient (Wildman–Crippen LogP) is 8.25. The number of nitrogens with zero attached hydrogens (tertiary/aromatic N) is 3. The molecule has 0 bridgehead atoms. The number of amides is 3. The number of aromatic nitrogens is 2. The molecule has 4 atom stereocenters. The van der Waals surface area contributed by atoms with Gasteiger partial charge in [-0.1, -0.05) is 51.1 Å². The number of aryl methyl sites for hydroxylation is 1. The molecular formula is C58H73N7O10S2. The molecule has 0 fully saturated rings. The van der Waals surface area contributed by atoms with E-state index in [9.17, 15) is 22.8 Å². The van der Waals surface area contributed by atoms with Crippen LogP contribution in [0, 0.1) is 5.41 Å². The van der Waals surface area contributed by atoms with Gasteiger partial charge in [0.05, 0.1) is 77.7 Å². The number of carbonyl (C=O) groups is 3. The monoisotopic (exact) mass is 1090 g/mol. The SMILES string of the molecule is CN[C@H](C)C(=O)N[C@@H](C(=O)N1Cc2cc(OCCOCCOCCOCCOc3cc4nccc(Nc5ccc6scnc6c5)c4cc3S(=O)(=O)C(C)(C)C)ccc2C[C@H]1C(=O)N[C@H]1CCCc2ccccc21)C(C)(C)C. The van der Waals surface area contributed by atoms with Gasteiger partial charge in [0.1, 0.15) is 41.7 Å². The molecule has 3 amide bonds. The topological polar surface area (TPSA) is 209 Å². The van der Waals surface area contributed by atoms with Crippen LogP contribution in [-0.2, 0) is 57.8 Å². The lowest BCUT2D eigenvalue weighted by Crippen LogP contribution is -2.62. The second-order valence-electron chi connectivity index (χ2n) is 21.6. The van der Waals surface area contributed by atoms with Crippen LogP contribution in [0.5, 0.6) is 11.5 Å². The summed E-state index contributed by atoms with van der Waals surface area (Å²) in [6.07, 6.45) is 4.71. The standard InChI is InChI=1S/C58H73N7O10S2/c1-37(59-8)54(66)64-53(57(2,3)4)56(68)65-35-40-30-42(18-16-39(40)31-49(65)55(67)63-45-15-11-13-38-12-9-10-14-43(38)45)74-28-26-72-24-22-71-23-25-73-27-29-75-50-34-47-44(33-52(50)77(69,70)58(5,6)7)46(20-21-60-47)62-41-17-19-51-48(32-41)61-36-76-51/h9-10,12,14,16-21,30,32-34,36-37,45,49,53,59H,11,13,15,22-29,31,35H2,1-8H3,(H,60,62)(H,63,67)(H,64,66)/t37-,45+,49+,53+/m1/s1. The molecular weight excluding hydrogens is 1020 g/mol. The largest absolute Gasteiger partial charge is 0.491 e. The third-order valence-corrected chi connectivity index (χ3v) is 17.4. The van der Waals surface area contributed by atoms with E-state index in [2.05, 4.69) is 43.4 Å². The van der Waals surface area contributed by atoms with Gasteiger partial charge in [-0.25, -0.2) is 13.4 Å².